The highest BCUT2D eigenvalue weighted by molar-refractivity contribution is 6.62. The highest BCUT2D eigenvalue weighted by atomic mass is 19.4. The van der Waals surface area contributed by atoms with E-state index >= 15 is 0 Å². The molecule has 0 aromatic heterocycles. The summed E-state index contributed by atoms with van der Waals surface area (Å²) in [5.74, 6) is 0.657. The van der Waals surface area contributed by atoms with E-state index in [9.17, 15) is 18.3 Å². The molecule has 0 radical (unpaired) electrons. The maximum absolute atomic E-state index is 12.7. The number of aliphatic hydroxyl groups is 1. The number of rotatable bonds is 4. The summed E-state index contributed by atoms with van der Waals surface area (Å²) in [5.41, 5.74) is -0.532. The fraction of sp³-hybridized carbons (Fsp3) is 0.400. The van der Waals surface area contributed by atoms with E-state index in [1.54, 1.807) is 18.2 Å². The van der Waals surface area contributed by atoms with Crippen LogP contribution in [-0.2, 0) is 22.1 Å². The molecule has 1 aliphatic rings. The third kappa shape index (κ3) is 4.04. The van der Waals surface area contributed by atoms with Crippen molar-refractivity contribution in [1.29, 1.82) is 0 Å². The molecule has 1 aliphatic heterocycles. The maximum Gasteiger partial charge on any atom is 0.495 e. The van der Waals surface area contributed by atoms with Crippen LogP contribution in [0, 0.1) is 0 Å². The van der Waals surface area contributed by atoms with Crippen molar-refractivity contribution in [3.05, 3.63) is 53.6 Å². The zero-order valence-electron chi connectivity index (χ0n) is 16.1. The van der Waals surface area contributed by atoms with E-state index in [-0.39, 0.29) is 12.4 Å². The second kappa shape index (κ2) is 7.10. The van der Waals surface area contributed by atoms with Crippen molar-refractivity contribution in [3.63, 3.8) is 0 Å². The van der Waals surface area contributed by atoms with Crippen LogP contribution in [0.2, 0.25) is 0 Å². The van der Waals surface area contributed by atoms with Crippen LogP contribution >= 0.6 is 0 Å². The van der Waals surface area contributed by atoms with E-state index in [0.29, 0.717) is 16.8 Å². The number of hydrogen-bond donors (Lipinski definition) is 1. The molecular weight excluding hydrogens is 372 g/mol. The monoisotopic (exact) mass is 394 g/mol. The van der Waals surface area contributed by atoms with Gasteiger partial charge in [0.15, 0.2) is 0 Å². The van der Waals surface area contributed by atoms with Crippen LogP contribution in [-0.4, -0.2) is 23.4 Å². The molecule has 1 saturated heterocycles. The Bertz CT molecular complexity index is 832. The topological polar surface area (TPSA) is 47.9 Å². The highest BCUT2D eigenvalue weighted by Crippen LogP contribution is 2.37. The second-order valence-corrected chi connectivity index (χ2v) is 7.73. The van der Waals surface area contributed by atoms with Gasteiger partial charge in [0.05, 0.1) is 23.4 Å². The molecular formula is C20H22BF3O4. The minimum Gasteiger partial charge on any atom is -0.457 e. The average Bonchev–Trinajstić information content (AvgIpc) is 2.82. The van der Waals surface area contributed by atoms with Crippen LogP contribution in [0.1, 0.15) is 38.8 Å². The molecule has 2 aromatic rings. The molecule has 0 spiro atoms. The SMILES string of the molecule is CC1(C)OB(c2ccc(Oc3ccc(C(F)(F)F)cc3)cc2CO)OC1(C)C. The van der Waals surface area contributed by atoms with Crippen molar-refractivity contribution in [2.45, 2.75) is 51.7 Å². The molecule has 2 aromatic carbocycles. The van der Waals surface area contributed by atoms with Crippen molar-refractivity contribution in [3.8, 4) is 11.5 Å². The van der Waals surface area contributed by atoms with Gasteiger partial charge < -0.3 is 19.2 Å². The molecule has 0 unspecified atom stereocenters. The Labute approximate surface area is 162 Å². The molecule has 4 nitrogen and oxygen atoms in total. The van der Waals surface area contributed by atoms with E-state index in [1.165, 1.54) is 12.1 Å². The summed E-state index contributed by atoms with van der Waals surface area (Å²) in [4.78, 5) is 0. The lowest BCUT2D eigenvalue weighted by Crippen LogP contribution is -2.41. The van der Waals surface area contributed by atoms with Crippen molar-refractivity contribution < 1.29 is 32.3 Å². The van der Waals surface area contributed by atoms with Gasteiger partial charge in [0.1, 0.15) is 11.5 Å². The van der Waals surface area contributed by atoms with E-state index in [1.807, 2.05) is 27.7 Å². The van der Waals surface area contributed by atoms with Gasteiger partial charge in [-0.05, 0) is 75.1 Å². The summed E-state index contributed by atoms with van der Waals surface area (Å²) in [5, 5.41) is 9.76. The number of hydrogen-bond acceptors (Lipinski definition) is 4. The molecule has 150 valence electrons. The molecule has 1 fully saturated rings. The molecule has 28 heavy (non-hydrogen) atoms. The van der Waals surface area contributed by atoms with Gasteiger partial charge >= 0.3 is 13.3 Å². The molecule has 0 amide bonds. The number of ether oxygens (including phenoxy) is 1. The number of alkyl halides is 3. The number of benzene rings is 2. The smallest absolute Gasteiger partial charge is 0.457 e. The predicted octanol–water partition coefficient (Wildman–Crippen LogP) is 4.29. The maximum atomic E-state index is 12.7. The van der Waals surface area contributed by atoms with Crippen LogP contribution in [0.3, 0.4) is 0 Å². The van der Waals surface area contributed by atoms with Gasteiger partial charge in [0.25, 0.3) is 0 Å². The van der Waals surface area contributed by atoms with E-state index in [0.717, 1.165) is 12.1 Å². The molecule has 0 atom stereocenters. The van der Waals surface area contributed by atoms with Crippen LogP contribution in [0.5, 0.6) is 11.5 Å². The molecule has 0 saturated carbocycles. The minimum atomic E-state index is -4.40. The fourth-order valence-electron chi connectivity index (χ4n) is 2.83. The first-order chi connectivity index (χ1) is 12.9. The number of aliphatic hydroxyl groups excluding tert-OH is 1. The van der Waals surface area contributed by atoms with Gasteiger partial charge in [-0.15, -0.1) is 0 Å². The average molecular weight is 394 g/mol. The summed E-state index contributed by atoms with van der Waals surface area (Å²) in [7, 11) is -0.632. The predicted molar refractivity (Wildman–Crippen MR) is 99.6 cm³/mol. The first-order valence-corrected chi connectivity index (χ1v) is 8.87. The first-order valence-electron chi connectivity index (χ1n) is 8.87. The van der Waals surface area contributed by atoms with Crippen LogP contribution < -0.4 is 10.2 Å². The molecule has 3 rings (SSSR count). The van der Waals surface area contributed by atoms with E-state index < -0.39 is 30.1 Å². The number of halogens is 3. The zero-order chi connectivity index (χ0) is 20.7. The van der Waals surface area contributed by atoms with Gasteiger partial charge in [0.2, 0.25) is 0 Å². The van der Waals surface area contributed by atoms with Crippen molar-refractivity contribution >= 4 is 12.6 Å². The molecule has 1 N–H and O–H groups in total. The Kier molecular flexibility index (Phi) is 5.25. The molecule has 8 heteroatoms. The lowest BCUT2D eigenvalue weighted by molar-refractivity contribution is -0.137. The Hall–Kier alpha value is -2.03. The van der Waals surface area contributed by atoms with Gasteiger partial charge in [-0.25, -0.2) is 0 Å². The van der Waals surface area contributed by atoms with Gasteiger partial charge in [-0.1, -0.05) is 6.07 Å². The third-order valence-corrected chi connectivity index (χ3v) is 5.21. The molecule has 0 bridgehead atoms. The quantitative estimate of drug-likeness (QED) is 0.787. The normalized spacial score (nSPS) is 18.4. The van der Waals surface area contributed by atoms with Crippen LogP contribution in [0.15, 0.2) is 42.5 Å². The molecule has 1 heterocycles. The van der Waals surface area contributed by atoms with Crippen molar-refractivity contribution in [2.75, 3.05) is 0 Å². The first kappa shape index (κ1) is 20.7. The van der Waals surface area contributed by atoms with E-state index in [4.69, 9.17) is 14.0 Å². The standard InChI is InChI=1S/C20H22BF3O4/c1-18(2)19(3,4)28-21(27-18)17-10-9-16(11-13(17)12-25)26-15-7-5-14(6-8-15)20(22,23)24/h5-11,25H,12H2,1-4H3. The van der Waals surface area contributed by atoms with Crippen LogP contribution in [0.25, 0.3) is 0 Å². The summed E-state index contributed by atoms with van der Waals surface area (Å²) in [6, 6.07) is 9.44. The summed E-state index contributed by atoms with van der Waals surface area (Å²) >= 11 is 0. The zero-order valence-corrected chi connectivity index (χ0v) is 16.1. The highest BCUT2D eigenvalue weighted by Gasteiger charge is 2.52. The Balaban J connectivity index is 1.80. The minimum absolute atomic E-state index is 0.260. The molecule has 0 aliphatic carbocycles. The Morgan fingerprint density at radius 1 is 0.929 bits per heavy atom. The second-order valence-electron chi connectivity index (χ2n) is 7.73. The van der Waals surface area contributed by atoms with Crippen molar-refractivity contribution in [2.24, 2.45) is 0 Å². The van der Waals surface area contributed by atoms with Gasteiger partial charge in [-0.2, -0.15) is 13.2 Å². The fourth-order valence-corrected chi connectivity index (χ4v) is 2.83. The lowest BCUT2D eigenvalue weighted by atomic mass is 9.76. The Morgan fingerprint density at radius 3 is 1.96 bits per heavy atom. The summed E-state index contributed by atoms with van der Waals surface area (Å²) in [6.07, 6.45) is -4.40. The van der Waals surface area contributed by atoms with Gasteiger partial charge in [0, 0.05) is 0 Å². The summed E-state index contributed by atoms with van der Waals surface area (Å²) < 4.78 is 55.6. The largest absolute Gasteiger partial charge is 0.495 e. The van der Waals surface area contributed by atoms with Crippen molar-refractivity contribution in [1.82, 2.24) is 0 Å². The lowest BCUT2D eigenvalue weighted by Gasteiger charge is -2.32. The van der Waals surface area contributed by atoms with Crippen LogP contribution in [0.4, 0.5) is 13.2 Å². The Morgan fingerprint density at radius 2 is 1.46 bits per heavy atom. The van der Waals surface area contributed by atoms with E-state index in [2.05, 4.69) is 0 Å². The third-order valence-electron chi connectivity index (χ3n) is 5.21. The van der Waals surface area contributed by atoms with Gasteiger partial charge in [-0.3, -0.25) is 0 Å². The summed E-state index contributed by atoms with van der Waals surface area (Å²) in [6.45, 7) is 7.49.